The fraction of sp³-hybridized carbons (Fsp3) is 0.0769. The molecule has 1 N–H and O–H groups in total. The minimum Gasteiger partial charge on any atom is -0.267 e. The SMILES string of the molecule is Cc1ccc(C(=O)NN=Cc2cccs2)cc1[N+](=O)[O-]. The number of benzene rings is 1. The van der Waals surface area contributed by atoms with E-state index < -0.39 is 10.8 Å². The maximum atomic E-state index is 11.8. The average molecular weight is 289 g/mol. The maximum Gasteiger partial charge on any atom is 0.273 e. The van der Waals surface area contributed by atoms with Gasteiger partial charge in [-0.25, -0.2) is 5.43 Å². The van der Waals surface area contributed by atoms with E-state index >= 15 is 0 Å². The standard InChI is InChI=1S/C13H11N3O3S/c1-9-4-5-10(7-12(9)16(18)19)13(17)15-14-8-11-3-2-6-20-11/h2-8H,1H3,(H,15,17). The quantitative estimate of drug-likeness (QED) is 0.533. The Hall–Kier alpha value is -2.54. The highest BCUT2D eigenvalue weighted by molar-refractivity contribution is 7.11. The third-order valence-electron chi connectivity index (χ3n) is 2.57. The summed E-state index contributed by atoms with van der Waals surface area (Å²) in [6.07, 6.45) is 1.52. The molecular weight excluding hydrogens is 278 g/mol. The number of carbonyl (C=O) groups is 1. The number of aryl methyl sites for hydroxylation is 1. The van der Waals surface area contributed by atoms with E-state index in [-0.39, 0.29) is 11.3 Å². The van der Waals surface area contributed by atoms with Crippen LogP contribution in [-0.2, 0) is 0 Å². The van der Waals surface area contributed by atoms with Crippen LogP contribution in [0.25, 0.3) is 0 Å². The fourth-order valence-corrected chi connectivity index (χ4v) is 2.12. The van der Waals surface area contributed by atoms with Gasteiger partial charge in [0.1, 0.15) is 0 Å². The number of hydrazone groups is 1. The molecule has 1 aromatic heterocycles. The first-order valence-electron chi connectivity index (χ1n) is 5.70. The molecule has 6 nitrogen and oxygen atoms in total. The fourth-order valence-electron chi connectivity index (χ4n) is 1.53. The molecule has 7 heteroatoms. The van der Waals surface area contributed by atoms with Crippen molar-refractivity contribution < 1.29 is 9.72 Å². The number of nitrogens with zero attached hydrogens (tertiary/aromatic N) is 2. The zero-order valence-corrected chi connectivity index (χ0v) is 11.4. The van der Waals surface area contributed by atoms with Crippen molar-refractivity contribution in [3.8, 4) is 0 Å². The van der Waals surface area contributed by atoms with Crippen molar-refractivity contribution in [3.63, 3.8) is 0 Å². The first-order chi connectivity index (χ1) is 9.58. The number of amides is 1. The molecule has 0 spiro atoms. The molecule has 0 radical (unpaired) electrons. The number of nitrogens with one attached hydrogen (secondary N) is 1. The lowest BCUT2D eigenvalue weighted by Gasteiger charge is -2.01. The van der Waals surface area contributed by atoms with Crippen LogP contribution in [0.4, 0.5) is 5.69 Å². The Kier molecular flexibility index (Phi) is 4.21. The Morgan fingerprint density at radius 2 is 2.25 bits per heavy atom. The van der Waals surface area contributed by atoms with E-state index in [0.717, 1.165) is 4.88 Å². The monoisotopic (exact) mass is 289 g/mol. The molecule has 2 aromatic rings. The molecular formula is C13H11N3O3S. The van der Waals surface area contributed by atoms with E-state index in [0.29, 0.717) is 5.56 Å². The second-order valence-corrected chi connectivity index (χ2v) is 4.95. The van der Waals surface area contributed by atoms with Crippen molar-refractivity contribution >= 4 is 29.1 Å². The van der Waals surface area contributed by atoms with Gasteiger partial charge in [-0.1, -0.05) is 12.1 Å². The summed E-state index contributed by atoms with van der Waals surface area (Å²) in [5.41, 5.74) is 2.96. The maximum absolute atomic E-state index is 11.8. The van der Waals surface area contributed by atoms with Crippen LogP contribution in [0.5, 0.6) is 0 Å². The number of thiophene rings is 1. The van der Waals surface area contributed by atoms with Crippen molar-refractivity contribution in [2.45, 2.75) is 6.92 Å². The molecule has 1 aromatic carbocycles. The number of nitro benzene ring substituents is 1. The van der Waals surface area contributed by atoms with Crippen molar-refractivity contribution in [2.75, 3.05) is 0 Å². The topological polar surface area (TPSA) is 84.6 Å². The molecule has 0 saturated carbocycles. The van der Waals surface area contributed by atoms with E-state index in [1.165, 1.54) is 35.8 Å². The first kappa shape index (κ1) is 13.9. The highest BCUT2D eigenvalue weighted by atomic mass is 32.1. The molecule has 102 valence electrons. The summed E-state index contributed by atoms with van der Waals surface area (Å²) in [6, 6.07) is 8.04. The van der Waals surface area contributed by atoms with Crippen molar-refractivity contribution in [2.24, 2.45) is 5.10 Å². The first-order valence-corrected chi connectivity index (χ1v) is 6.58. The molecule has 0 aliphatic heterocycles. The van der Waals surface area contributed by atoms with Gasteiger partial charge in [0, 0.05) is 22.1 Å². The van der Waals surface area contributed by atoms with Crippen LogP contribution >= 0.6 is 11.3 Å². The summed E-state index contributed by atoms with van der Waals surface area (Å²) >= 11 is 1.49. The van der Waals surface area contributed by atoms with Crippen LogP contribution in [0.15, 0.2) is 40.8 Å². The summed E-state index contributed by atoms with van der Waals surface area (Å²) in [4.78, 5) is 23.0. The summed E-state index contributed by atoms with van der Waals surface area (Å²) in [7, 11) is 0. The molecule has 1 amide bonds. The number of rotatable bonds is 4. The van der Waals surface area contributed by atoms with Gasteiger partial charge in [-0.3, -0.25) is 14.9 Å². The van der Waals surface area contributed by atoms with Crippen LogP contribution in [0.3, 0.4) is 0 Å². The van der Waals surface area contributed by atoms with E-state index in [1.807, 2.05) is 17.5 Å². The molecule has 0 fully saturated rings. The summed E-state index contributed by atoms with van der Waals surface area (Å²) in [5, 5.41) is 16.5. The van der Waals surface area contributed by atoms with E-state index in [2.05, 4.69) is 10.5 Å². The molecule has 0 saturated heterocycles. The highest BCUT2D eigenvalue weighted by Crippen LogP contribution is 2.19. The minimum atomic E-state index is -0.513. The third kappa shape index (κ3) is 3.27. The molecule has 0 aliphatic carbocycles. The smallest absolute Gasteiger partial charge is 0.267 e. The molecule has 0 aliphatic rings. The van der Waals surface area contributed by atoms with Crippen LogP contribution in [0, 0.1) is 17.0 Å². The molecule has 0 atom stereocenters. The van der Waals surface area contributed by atoms with Gasteiger partial charge < -0.3 is 0 Å². The van der Waals surface area contributed by atoms with Gasteiger partial charge in [0.25, 0.3) is 11.6 Å². The average Bonchev–Trinajstić information content (AvgIpc) is 2.92. The van der Waals surface area contributed by atoms with Gasteiger partial charge in [0.15, 0.2) is 0 Å². The minimum absolute atomic E-state index is 0.0834. The largest absolute Gasteiger partial charge is 0.273 e. The van der Waals surface area contributed by atoms with Crippen LogP contribution in [0.2, 0.25) is 0 Å². The van der Waals surface area contributed by atoms with Crippen molar-refractivity contribution in [3.05, 3.63) is 61.8 Å². The molecule has 20 heavy (non-hydrogen) atoms. The van der Waals surface area contributed by atoms with Gasteiger partial charge in [0.2, 0.25) is 0 Å². The highest BCUT2D eigenvalue weighted by Gasteiger charge is 2.14. The molecule has 0 bridgehead atoms. The Bertz CT molecular complexity index is 666. The van der Waals surface area contributed by atoms with E-state index in [9.17, 15) is 14.9 Å². The summed E-state index contributed by atoms with van der Waals surface area (Å²) in [5.74, 6) is -0.485. The Morgan fingerprint density at radius 1 is 1.45 bits per heavy atom. The number of hydrogen-bond donors (Lipinski definition) is 1. The van der Waals surface area contributed by atoms with E-state index in [1.54, 1.807) is 6.92 Å². The normalized spacial score (nSPS) is 10.7. The molecule has 0 unspecified atom stereocenters. The van der Waals surface area contributed by atoms with E-state index in [4.69, 9.17) is 0 Å². The molecule has 2 rings (SSSR count). The Balaban J connectivity index is 2.09. The van der Waals surface area contributed by atoms with Crippen LogP contribution in [-0.4, -0.2) is 17.0 Å². The van der Waals surface area contributed by atoms with Crippen molar-refractivity contribution in [1.82, 2.24) is 5.43 Å². The van der Waals surface area contributed by atoms with Crippen molar-refractivity contribution in [1.29, 1.82) is 0 Å². The summed E-state index contributed by atoms with van der Waals surface area (Å²) < 4.78 is 0. The lowest BCUT2D eigenvalue weighted by molar-refractivity contribution is -0.385. The van der Waals surface area contributed by atoms with Gasteiger partial charge in [0.05, 0.1) is 11.1 Å². The predicted molar refractivity (Wildman–Crippen MR) is 77.2 cm³/mol. The van der Waals surface area contributed by atoms with Crippen LogP contribution < -0.4 is 5.43 Å². The predicted octanol–water partition coefficient (Wildman–Crippen LogP) is 2.73. The molecule has 1 heterocycles. The summed E-state index contributed by atoms with van der Waals surface area (Å²) in [6.45, 7) is 1.62. The number of hydrogen-bond acceptors (Lipinski definition) is 5. The van der Waals surface area contributed by atoms with Gasteiger partial charge in [-0.2, -0.15) is 5.10 Å². The Morgan fingerprint density at radius 3 is 2.90 bits per heavy atom. The van der Waals surface area contributed by atoms with Gasteiger partial charge in [-0.05, 0) is 24.4 Å². The second-order valence-electron chi connectivity index (χ2n) is 3.97. The lowest BCUT2D eigenvalue weighted by Crippen LogP contribution is -2.17. The zero-order valence-electron chi connectivity index (χ0n) is 10.6. The lowest BCUT2D eigenvalue weighted by atomic mass is 10.1. The zero-order chi connectivity index (χ0) is 14.5. The second kappa shape index (κ2) is 6.07. The Labute approximate surface area is 118 Å². The van der Waals surface area contributed by atoms with Gasteiger partial charge >= 0.3 is 0 Å². The third-order valence-corrected chi connectivity index (χ3v) is 3.38. The number of nitro groups is 1. The van der Waals surface area contributed by atoms with Crippen LogP contribution in [0.1, 0.15) is 20.8 Å². The number of carbonyl (C=O) groups excluding carboxylic acids is 1. The van der Waals surface area contributed by atoms with Gasteiger partial charge in [-0.15, -0.1) is 11.3 Å².